The molecular weight excluding hydrogens is 440 g/mol. The average molecular weight is 461 g/mol. The third kappa shape index (κ3) is 3.98. The molecule has 166 valence electrons. The second kappa shape index (κ2) is 8.51. The van der Waals surface area contributed by atoms with Crippen LogP contribution in [0, 0.1) is 6.92 Å². The third-order valence-electron chi connectivity index (χ3n) is 5.33. The van der Waals surface area contributed by atoms with Gasteiger partial charge < -0.3 is 5.32 Å². The van der Waals surface area contributed by atoms with Crippen molar-refractivity contribution < 1.29 is 4.79 Å². The van der Waals surface area contributed by atoms with Crippen LogP contribution in [-0.4, -0.2) is 40.1 Å². The molecule has 0 radical (unpaired) electrons. The molecule has 1 amide bonds. The number of benzene rings is 1. The molecule has 0 saturated carbocycles. The van der Waals surface area contributed by atoms with Crippen molar-refractivity contribution in [2.45, 2.75) is 26.9 Å². The summed E-state index contributed by atoms with van der Waals surface area (Å²) < 4.78 is 5.20. The molecule has 0 bridgehead atoms. The summed E-state index contributed by atoms with van der Waals surface area (Å²) >= 11 is 6.33. The number of rotatable bonds is 6. The van der Waals surface area contributed by atoms with E-state index in [-0.39, 0.29) is 11.7 Å². The number of aryl methyl sites for hydroxylation is 2. The number of nitrogens with one attached hydrogen (secondary N) is 1. The minimum atomic E-state index is -0.387. The van der Waals surface area contributed by atoms with Gasteiger partial charge in [-0.25, -0.2) is 9.50 Å². The Morgan fingerprint density at radius 2 is 1.91 bits per heavy atom. The van der Waals surface area contributed by atoms with Gasteiger partial charge in [-0.05, 0) is 25.5 Å². The molecule has 1 aromatic carbocycles. The SMILES string of the molecule is CCn1cc(-c2ccnc3c(C(=O)Nc4nn(Cc5ccccc5)cc4Cl)cnn23)c(C)n1. The van der Waals surface area contributed by atoms with E-state index in [0.29, 0.717) is 22.8 Å². The maximum Gasteiger partial charge on any atom is 0.262 e. The Hall–Kier alpha value is -3.98. The number of amides is 1. The lowest BCUT2D eigenvalue weighted by Crippen LogP contribution is -2.13. The first-order chi connectivity index (χ1) is 16.0. The number of hydrogen-bond donors (Lipinski definition) is 1. The van der Waals surface area contributed by atoms with Crippen molar-refractivity contribution in [1.82, 2.24) is 34.2 Å². The molecule has 0 aliphatic heterocycles. The summed E-state index contributed by atoms with van der Waals surface area (Å²) in [6.07, 6.45) is 6.80. The first-order valence-electron chi connectivity index (χ1n) is 10.5. The second-order valence-corrected chi connectivity index (χ2v) is 7.98. The minimum absolute atomic E-state index is 0.285. The highest BCUT2D eigenvalue weighted by atomic mass is 35.5. The molecule has 4 heterocycles. The predicted octanol–water partition coefficient (Wildman–Crippen LogP) is 4.07. The zero-order valence-corrected chi connectivity index (χ0v) is 18.9. The van der Waals surface area contributed by atoms with Crippen LogP contribution in [0.4, 0.5) is 5.82 Å². The van der Waals surface area contributed by atoms with Crippen molar-refractivity contribution in [3.05, 3.63) is 83.0 Å². The number of hydrogen-bond acceptors (Lipinski definition) is 5. The molecule has 0 aliphatic rings. The van der Waals surface area contributed by atoms with E-state index in [1.165, 1.54) is 6.20 Å². The van der Waals surface area contributed by atoms with E-state index in [1.54, 1.807) is 21.6 Å². The highest BCUT2D eigenvalue weighted by molar-refractivity contribution is 6.33. The van der Waals surface area contributed by atoms with E-state index in [2.05, 4.69) is 25.6 Å². The summed E-state index contributed by atoms with van der Waals surface area (Å²) in [5.41, 5.74) is 4.46. The van der Waals surface area contributed by atoms with Gasteiger partial charge in [0.1, 0.15) is 10.6 Å². The molecule has 9 nitrogen and oxygen atoms in total. The van der Waals surface area contributed by atoms with Crippen LogP contribution in [-0.2, 0) is 13.1 Å². The van der Waals surface area contributed by atoms with Gasteiger partial charge in [0.15, 0.2) is 11.5 Å². The Kier molecular flexibility index (Phi) is 5.39. The first-order valence-corrected chi connectivity index (χ1v) is 10.9. The fourth-order valence-corrected chi connectivity index (χ4v) is 3.89. The lowest BCUT2D eigenvalue weighted by atomic mass is 10.2. The topological polar surface area (TPSA) is 94.9 Å². The molecule has 0 fully saturated rings. The van der Waals surface area contributed by atoms with Crippen LogP contribution < -0.4 is 5.32 Å². The van der Waals surface area contributed by atoms with Crippen LogP contribution >= 0.6 is 11.6 Å². The Labute approximate surface area is 194 Å². The van der Waals surface area contributed by atoms with E-state index in [0.717, 1.165) is 29.1 Å². The third-order valence-corrected chi connectivity index (χ3v) is 5.61. The fourth-order valence-electron chi connectivity index (χ4n) is 3.70. The lowest BCUT2D eigenvalue weighted by Gasteiger charge is -2.04. The number of aromatic nitrogens is 7. The Morgan fingerprint density at radius 3 is 2.67 bits per heavy atom. The maximum absolute atomic E-state index is 13.0. The molecule has 10 heteroatoms. The predicted molar refractivity (Wildman–Crippen MR) is 125 cm³/mol. The minimum Gasteiger partial charge on any atom is -0.304 e. The zero-order valence-electron chi connectivity index (χ0n) is 18.1. The van der Waals surface area contributed by atoms with Crippen LogP contribution in [0.5, 0.6) is 0 Å². The largest absolute Gasteiger partial charge is 0.304 e. The van der Waals surface area contributed by atoms with E-state index < -0.39 is 0 Å². The Balaban J connectivity index is 1.42. The standard InChI is InChI=1S/C23H21ClN8O/c1-3-30-13-18(15(2)28-30)20-9-10-25-22-17(11-26-32(20)22)23(33)27-21-19(24)14-31(29-21)12-16-7-5-4-6-8-16/h4-11,13-14H,3,12H2,1-2H3,(H,27,29,33). The molecule has 33 heavy (non-hydrogen) atoms. The van der Waals surface area contributed by atoms with Gasteiger partial charge >= 0.3 is 0 Å². The van der Waals surface area contributed by atoms with Crippen LogP contribution in [0.25, 0.3) is 16.9 Å². The molecule has 0 spiro atoms. The first kappa shape index (κ1) is 20.9. The monoisotopic (exact) mass is 460 g/mol. The number of carbonyl (C=O) groups is 1. The summed E-state index contributed by atoms with van der Waals surface area (Å²) in [6.45, 7) is 5.28. The Morgan fingerprint density at radius 1 is 1.09 bits per heavy atom. The highest BCUT2D eigenvalue weighted by Gasteiger charge is 2.20. The number of nitrogens with zero attached hydrogens (tertiary/aromatic N) is 7. The summed E-state index contributed by atoms with van der Waals surface area (Å²) in [5.74, 6) is -0.101. The van der Waals surface area contributed by atoms with Gasteiger partial charge in [0.25, 0.3) is 5.91 Å². The van der Waals surface area contributed by atoms with Gasteiger partial charge in [0.2, 0.25) is 0 Å². The highest BCUT2D eigenvalue weighted by Crippen LogP contribution is 2.25. The smallest absolute Gasteiger partial charge is 0.262 e. The van der Waals surface area contributed by atoms with E-state index >= 15 is 0 Å². The average Bonchev–Trinajstić information content (AvgIpc) is 3.51. The van der Waals surface area contributed by atoms with Crippen molar-refractivity contribution in [2.24, 2.45) is 0 Å². The summed E-state index contributed by atoms with van der Waals surface area (Å²) in [7, 11) is 0. The van der Waals surface area contributed by atoms with E-state index in [1.807, 2.05) is 61.1 Å². The molecule has 1 N–H and O–H groups in total. The summed E-state index contributed by atoms with van der Waals surface area (Å²) in [4.78, 5) is 17.4. The van der Waals surface area contributed by atoms with E-state index in [9.17, 15) is 4.79 Å². The van der Waals surface area contributed by atoms with Crippen LogP contribution in [0.15, 0.2) is 61.2 Å². The maximum atomic E-state index is 13.0. The van der Waals surface area contributed by atoms with E-state index in [4.69, 9.17) is 11.6 Å². The Bertz CT molecular complexity index is 1450. The van der Waals surface area contributed by atoms with Crippen molar-refractivity contribution in [1.29, 1.82) is 0 Å². The summed E-state index contributed by atoms with van der Waals surface area (Å²) in [5, 5.41) is 16.5. The molecule has 5 aromatic rings. The van der Waals surface area contributed by atoms with Gasteiger partial charge in [-0.2, -0.15) is 15.3 Å². The summed E-state index contributed by atoms with van der Waals surface area (Å²) in [6, 6.07) is 11.7. The molecule has 0 saturated heterocycles. The number of anilines is 1. The quantitative estimate of drug-likeness (QED) is 0.412. The van der Waals surface area contributed by atoms with Crippen molar-refractivity contribution >= 4 is 29.0 Å². The van der Waals surface area contributed by atoms with Crippen molar-refractivity contribution in [3.8, 4) is 11.3 Å². The zero-order chi connectivity index (χ0) is 22.9. The van der Waals surface area contributed by atoms with Crippen LogP contribution in [0.1, 0.15) is 28.5 Å². The van der Waals surface area contributed by atoms with Crippen molar-refractivity contribution in [3.63, 3.8) is 0 Å². The molecular formula is C23H21ClN8O. The molecule has 5 rings (SSSR count). The van der Waals surface area contributed by atoms with Crippen LogP contribution in [0.3, 0.4) is 0 Å². The normalized spacial score (nSPS) is 11.2. The molecule has 0 aliphatic carbocycles. The van der Waals surface area contributed by atoms with Gasteiger partial charge in [-0.1, -0.05) is 41.9 Å². The van der Waals surface area contributed by atoms with Gasteiger partial charge in [0, 0.05) is 30.7 Å². The van der Waals surface area contributed by atoms with Crippen LogP contribution in [0.2, 0.25) is 5.02 Å². The van der Waals surface area contributed by atoms with Gasteiger partial charge in [-0.3, -0.25) is 14.2 Å². The van der Waals surface area contributed by atoms with Crippen molar-refractivity contribution in [2.75, 3.05) is 5.32 Å². The fraction of sp³-hybridized carbons (Fsp3) is 0.174. The molecule has 0 unspecified atom stereocenters. The number of halogens is 1. The molecule has 4 aromatic heterocycles. The second-order valence-electron chi connectivity index (χ2n) is 7.57. The lowest BCUT2D eigenvalue weighted by molar-refractivity contribution is 0.102. The number of carbonyl (C=O) groups excluding carboxylic acids is 1. The number of fused-ring (bicyclic) bond motifs is 1. The molecule has 0 atom stereocenters. The van der Waals surface area contributed by atoms with Gasteiger partial charge in [-0.15, -0.1) is 0 Å². The van der Waals surface area contributed by atoms with Gasteiger partial charge in [0.05, 0.1) is 24.1 Å².